The maximum Gasteiger partial charge on any atom is 0.264 e. The zero-order valence-electron chi connectivity index (χ0n) is 23.8. The number of carbonyl (C=O) groups is 2. The maximum atomic E-state index is 14.1. The van der Waals surface area contributed by atoms with E-state index in [-0.39, 0.29) is 23.4 Å². The van der Waals surface area contributed by atoms with Crippen LogP contribution < -0.4 is 9.62 Å². The molecule has 1 N–H and O–H groups in total. The second-order valence-electron chi connectivity index (χ2n) is 10.4. The van der Waals surface area contributed by atoms with Gasteiger partial charge >= 0.3 is 0 Å². The van der Waals surface area contributed by atoms with Crippen LogP contribution in [0.1, 0.15) is 43.7 Å². The number of nitrogens with zero attached hydrogens (tertiary/aromatic N) is 2. The van der Waals surface area contributed by atoms with Crippen LogP contribution in [0.5, 0.6) is 0 Å². The molecular weight excluding hydrogens is 613 g/mol. The second-order valence-corrected chi connectivity index (χ2v) is 14.0. The van der Waals surface area contributed by atoms with Gasteiger partial charge in [-0.15, -0.1) is 11.8 Å². The third kappa shape index (κ3) is 7.81. The molecule has 7 nitrogen and oxygen atoms in total. The molecule has 1 saturated carbocycles. The Bertz CT molecular complexity index is 1510. The highest BCUT2D eigenvalue weighted by atomic mass is 35.5. The highest BCUT2D eigenvalue weighted by Crippen LogP contribution is 2.28. The normalized spacial score (nSPS) is 14.4. The Morgan fingerprint density at radius 1 is 1.00 bits per heavy atom. The Morgan fingerprint density at radius 2 is 1.64 bits per heavy atom. The Labute approximate surface area is 262 Å². The molecule has 0 bridgehead atoms. The van der Waals surface area contributed by atoms with E-state index in [9.17, 15) is 18.0 Å². The van der Waals surface area contributed by atoms with E-state index in [4.69, 9.17) is 23.2 Å². The van der Waals surface area contributed by atoms with Crippen molar-refractivity contribution < 1.29 is 18.0 Å². The molecule has 1 aliphatic rings. The van der Waals surface area contributed by atoms with Crippen molar-refractivity contribution in [2.24, 2.45) is 0 Å². The van der Waals surface area contributed by atoms with Crippen molar-refractivity contribution in [3.63, 3.8) is 0 Å². The summed E-state index contributed by atoms with van der Waals surface area (Å²) < 4.78 is 29.1. The van der Waals surface area contributed by atoms with E-state index >= 15 is 0 Å². The van der Waals surface area contributed by atoms with Gasteiger partial charge in [0.15, 0.2) is 0 Å². The van der Waals surface area contributed by atoms with Crippen LogP contribution in [0.2, 0.25) is 10.0 Å². The highest BCUT2D eigenvalue weighted by molar-refractivity contribution is 7.98. The Balaban J connectivity index is 1.70. The van der Waals surface area contributed by atoms with Crippen molar-refractivity contribution in [2.45, 2.75) is 68.0 Å². The summed E-state index contributed by atoms with van der Waals surface area (Å²) in [5.74, 6) is -0.835. The quantitative estimate of drug-likeness (QED) is 0.234. The summed E-state index contributed by atoms with van der Waals surface area (Å²) in [6.07, 6.45) is 5.79. The number of sulfonamides is 1. The van der Waals surface area contributed by atoms with Gasteiger partial charge in [-0.1, -0.05) is 59.8 Å². The lowest BCUT2D eigenvalue weighted by Crippen LogP contribution is -2.52. The number of benzene rings is 3. The molecule has 1 atom stereocenters. The summed E-state index contributed by atoms with van der Waals surface area (Å²) in [5.41, 5.74) is 1.88. The molecular formula is C31H35Cl2N3O4S2. The first kappa shape index (κ1) is 32.2. The summed E-state index contributed by atoms with van der Waals surface area (Å²) in [4.78, 5) is 29.8. The fourth-order valence-corrected chi connectivity index (χ4v) is 7.21. The summed E-state index contributed by atoms with van der Waals surface area (Å²) in [5, 5.41) is 3.85. The lowest BCUT2D eigenvalue weighted by atomic mass is 10.1. The summed E-state index contributed by atoms with van der Waals surface area (Å²) in [6.45, 7) is 3.04. The van der Waals surface area contributed by atoms with Gasteiger partial charge in [-0.2, -0.15) is 0 Å². The zero-order valence-corrected chi connectivity index (χ0v) is 27.0. The van der Waals surface area contributed by atoms with Crippen molar-refractivity contribution in [3.8, 4) is 0 Å². The van der Waals surface area contributed by atoms with Gasteiger partial charge in [0.1, 0.15) is 12.6 Å². The Kier molecular flexibility index (Phi) is 10.9. The van der Waals surface area contributed by atoms with Crippen molar-refractivity contribution in [1.29, 1.82) is 0 Å². The standard InChI is InChI=1S/C31H35Cl2N3O4S2/c1-21-8-12-26(13-9-21)36(42(39,40)28-16-14-27(41-3)15-17-28)20-30(37)35(19-23-10-11-24(32)18-29(23)33)22(2)31(38)34-25-6-4-5-7-25/h8-18,22,25H,4-7,19-20H2,1-3H3,(H,34,38)/t22-/m1/s1. The molecule has 42 heavy (non-hydrogen) atoms. The first-order valence-corrected chi connectivity index (χ1v) is 17.2. The topological polar surface area (TPSA) is 86.8 Å². The second kappa shape index (κ2) is 14.2. The number of hydrogen-bond acceptors (Lipinski definition) is 5. The Morgan fingerprint density at radius 3 is 2.24 bits per heavy atom. The molecule has 1 fully saturated rings. The number of halogens is 2. The van der Waals surface area contributed by atoms with Gasteiger partial charge in [0.05, 0.1) is 10.6 Å². The molecule has 0 unspecified atom stereocenters. The van der Waals surface area contributed by atoms with Gasteiger partial charge < -0.3 is 10.2 Å². The fourth-order valence-electron chi connectivity index (χ4n) is 4.92. The van der Waals surface area contributed by atoms with Crippen LogP contribution in [0.25, 0.3) is 0 Å². The van der Waals surface area contributed by atoms with E-state index in [1.54, 1.807) is 61.5 Å². The number of rotatable bonds is 11. The van der Waals surface area contributed by atoms with E-state index < -0.39 is 28.5 Å². The van der Waals surface area contributed by atoms with Crippen LogP contribution in [-0.2, 0) is 26.2 Å². The largest absolute Gasteiger partial charge is 0.352 e. The predicted molar refractivity (Wildman–Crippen MR) is 171 cm³/mol. The molecule has 4 rings (SSSR count). The minimum atomic E-state index is -4.14. The maximum absolute atomic E-state index is 14.1. The lowest BCUT2D eigenvalue weighted by Gasteiger charge is -2.32. The molecule has 0 aromatic heterocycles. The van der Waals surface area contributed by atoms with Crippen molar-refractivity contribution in [3.05, 3.63) is 87.9 Å². The molecule has 0 radical (unpaired) electrons. The lowest BCUT2D eigenvalue weighted by molar-refractivity contribution is -0.139. The average molecular weight is 649 g/mol. The molecule has 3 aromatic rings. The minimum Gasteiger partial charge on any atom is -0.352 e. The number of thioether (sulfide) groups is 1. The molecule has 2 amide bonds. The number of aryl methyl sites for hydroxylation is 1. The van der Waals surface area contributed by atoms with Gasteiger partial charge in [0.2, 0.25) is 11.8 Å². The number of anilines is 1. The number of nitrogens with one attached hydrogen (secondary N) is 1. The zero-order chi connectivity index (χ0) is 30.4. The fraction of sp³-hybridized carbons (Fsp3) is 0.355. The van der Waals surface area contributed by atoms with Crippen molar-refractivity contribution in [2.75, 3.05) is 17.1 Å². The van der Waals surface area contributed by atoms with Crippen LogP contribution in [0.3, 0.4) is 0 Å². The molecule has 0 aliphatic heterocycles. The molecule has 0 heterocycles. The SMILES string of the molecule is CSc1ccc(S(=O)(=O)N(CC(=O)N(Cc2ccc(Cl)cc2Cl)[C@H](C)C(=O)NC2CCCC2)c2ccc(C)cc2)cc1. The number of hydrogen-bond donors (Lipinski definition) is 1. The molecule has 0 spiro atoms. The van der Waals surface area contributed by atoms with Gasteiger partial charge in [-0.3, -0.25) is 13.9 Å². The van der Waals surface area contributed by atoms with E-state index in [1.165, 1.54) is 28.8 Å². The van der Waals surface area contributed by atoms with Crippen molar-refractivity contribution >= 4 is 62.5 Å². The molecule has 0 saturated heterocycles. The Hall–Kier alpha value is -2.72. The average Bonchev–Trinajstić information content (AvgIpc) is 3.48. The summed E-state index contributed by atoms with van der Waals surface area (Å²) in [6, 6.07) is 17.6. The van der Waals surface area contributed by atoms with Crippen LogP contribution >= 0.6 is 35.0 Å². The first-order chi connectivity index (χ1) is 20.0. The van der Waals surface area contributed by atoms with E-state index in [0.717, 1.165) is 40.4 Å². The van der Waals surface area contributed by atoms with E-state index in [0.29, 0.717) is 21.3 Å². The first-order valence-electron chi connectivity index (χ1n) is 13.8. The molecule has 3 aromatic carbocycles. The third-order valence-electron chi connectivity index (χ3n) is 7.47. The van der Waals surface area contributed by atoms with Crippen LogP contribution in [-0.4, -0.2) is 50.0 Å². The predicted octanol–water partition coefficient (Wildman–Crippen LogP) is 6.70. The van der Waals surface area contributed by atoms with E-state index in [2.05, 4.69) is 5.32 Å². The third-order valence-corrected chi connectivity index (χ3v) is 10.6. The minimum absolute atomic E-state index is 0.00169. The molecule has 224 valence electrons. The van der Waals surface area contributed by atoms with Gasteiger partial charge in [0.25, 0.3) is 10.0 Å². The number of amides is 2. The van der Waals surface area contributed by atoms with Gasteiger partial charge in [0, 0.05) is 27.5 Å². The van der Waals surface area contributed by atoms with Crippen LogP contribution in [0.15, 0.2) is 76.5 Å². The van der Waals surface area contributed by atoms with Crippen LogP contribution in [0.4, 0.5) is 5.69 Å². The monoisotopic (exact) mass is 647 g/mol. The molecule has 1 aliphatic carbocycles. The smallest absolute Gasteiger partial charge is 0.264 e. The van der Waals surface area contributed by atoms with E-state index in [1.807, 2.05) is 13.2 Å². The van der Waals surface area contributed by atoms with Gasteiger partial charge in [-0.05, 0) is 87.0 Å². The van der Waals surface area contributed by atoms with Crippen LogP contribution in [0, 0.1) is 6.92 Å². The number of carbonyl (C=O) groups excluding carboxylic acids is 2. The van der Waals surface area contributed by atoms with Gasteiger partial charge in [-0.25, -0.2) is 8.42 Å². The summed E-state index contributed by atoms with van der Waals surface area (Å²) >= 11 is 14.1. The molecule has 11 heteroatoms. The summed E-state index contributed by atoms with van der Waals surface area (Å²) in [7, 11) is -4.14. The highest BCUT2D eigenvalue weighted by Gasteiger charge is 2.33. The van der Waals surface area contributed by atoms with Crippen molar-refractivity contribution in [1.82, 2.24) is 10.2 Å².